The summed E-state index contributed by atoms with van der Waals surface area (Å²) < 4.78 is 31.8. The Kier molecular flexibility index (Phi) is 6.55. The third-order valence-electron chi connectivity index (χ3n) is 3.20. The van der Waals surface area contributed by atoms with Crippen LogP contribution >= 0.6 is 0 Å². The molecule has 0 radical (unpaired) electrons. The molecule has 108 valence electrons. The summed E-state index contributed by atoms with van der Waals surface area (Å²) in [6.07, 6.45) is 5.07. The zero-order chi connectivity index (χ0) is 13.6. The molecule has 0 heterocycles. The van der Waals surface area contributed by atoms with Crippen LogP contribution in [0.3, 0.4) is 0 Å². The molecule has 1 fully saturated rings. The van der Waals surface area contributed by atoms with Crippen molar-refractivity contribution in [3.63, 3.8) is 0 Å². The lowest BCUT2D eigenvalue weighted by Crippen LogP contribution is -2.47. The Labute approximate surface area is 111 Å². The van der Waals surface area contributed by atoms with Crippen molar-refractivity contribution in [3.05, 3.63) is 0 Å². The van der Waals surface area contributed by atoms with E-state index in [2.05, 4.69) is 4.72 Å². The van der Waals surface area contributed by atoms with Crippen LogP contribution in [0, 0.1) is 0 Å². The fraction of sp³-hybridized carbons (Fsp3) is 1.00. The van der Waals surface area contributed by atoms with E-state index in [4.69, 9.17) is 10.5 Å². The maximum Gasteiger partial charge on any atom is 0.214 e. The molecule has 1 saturated carbocycles. The van der Waals surface area contributed by atoms with Crippen LogP contribution in [0.4, 0.5) is 0 Å². The second kappa shape index (κ2) is 7.43. The molecule has 1 rings (SSSR count). The highest BCUT2D eigenvalue weighted by Gasteiger charge is 2.24. The maximum atomic E-state index is 11.9. The van der Waals surface area contributed by atoms with Gasteiger partial charge in [-0.2, -0.15) is 0 Å². The molecule has 6 heteroatoms. The highest BCUT2D eigenvalue weighted by Crippen LogP contribution is 2.17. The summed E-state index contributed by atoms with van der Waals surface area (Å²) in [6.45, 7) is 4.01. The van der Waals surface area contributed by atoms with Gasteiger partial charge < -0.3 is 10.5 Å². The predicted molar refractivity (Wildman–Crippen MR) is 72.9 cm³/mol. The fourth-order valence-electron chi connectivity index (χ4n) is 2.17. The number of rotatable bonds is 6. The second-order valence-electron chi connectivity index (χ2n) is 5.26. The molecule has 3 N–H and O–H groups in total. The van der Waals surface area contributed by atoms with E-state index < -0.39 is 10.0 Å². The lowest BCUT2D eigenvalue weighted by atomic mass is 10.1. The molecular formula is C12H26N2O3S. The molecule has 0 spiro atoms. The minimum Gasteiger partial charge on any atom is -0.378 e. The van der Waals surface area contributed by atoms with Gasteiger partial charge >= 0.3 is 0 Å². The molecule has 2 unspecified atom stereocenters. The standard InChI is InChI=1S/C12H26N2O3S/c1-10(2)17-8-9-18(15,16)14-12-7-5-3-4-6-11(12)13/h10-12,14H,3-9,13H2,1-2H3. The quantitative estimate of drug-likeness (QED) is 0.710. The van der Waals surface area contributed by atoms with Crippen LogP contribution in [-0.2, 0) is 14.8 Å². The minimum atomic E-state index is -3.28. The van der Waals surface area contributed by atoms with E-state index in [-0.39, 0.29) is 30.5 Å². The Hall–Kier alpha value is -0.170. The van der Waals surface area contributed by atoms with Gasteiger partial charge in [0.05, 0.1) is 18.5 Å². The van der Waals surface area contributed by atoms with Gasteiger partial charge in [-0.3, -0.25) is 0 Å². The molecule has 0 aliphatic heterocycles. The first-order chi connectivity index (χ1) is 8.41. The number of nitrogens with one attached hydrogen (secondary N) is 1. The van der Waals surface area contributed by atoms with Crippen molar-refractivity contribution in [2.24, 2.45) is 5.73 Å². The van der Waals surface area contributed by atoms with Crippen molar-refractivity contribution < 1.29 is 13.2 Å². The third-order valence-corrected chi connectivity index (χ3v) is 4.57. The summed E-state index contributed by atoms with van der Waals surface area (Å²) in [5, 5.41) is 0. The summed E-state index contributed by atoms with van der Waals surface area (Å²) in [6, 6.07) is -0.176. The number of hydrogen-bond donors (Lipinski definition) is 2. The van der Waals surface area contributed by atoms with E-state index in [0.29, 0.717) is 0 Å². The highest BCUT2D eigenvalue weighted by molar-refractivity contribution is 7.89. The first-order valence-corrected chi connectivity index (χ1v) is 8.43. The van der Waals surface area contributed by atoms with Crippen molar-refractivity contribution in [1.29, 1.82) is 0 Å². The minimum absolute atomic E-state index is 0.00833. The molecule has 0 amide bonds. The van der Waals surface area contributed by atoms with Gasteiger partial charge in [-0.1, -0.05) is 19.3 Å². The van der Waals surface area contributed by atoms with Crippen LogP contribution in [-0.4, -0.2) is 39.0 Å². The van der Waals surface area contributed by atoms with Crippen molar-refractivity contribution in [2.45, 2.75) is 64.1 Å². The molecule has 0 bridgehead atoms. The Bertz CT molecular complexity index is 330. The van der Waals surface area contributed by atoms with Crippen LogP contribution in [0.1, 0.15) is 46.0 Å². The molecular weight excluding hydrogens is 252 g/mol. The van der Waals surface area contributed by atoms with Crippen LogP contribution in [0.2, 0.25) is 0 Å². The van der Waals surface area contributed by atoms with E-state index in [1.807, 2.05) is 13.8 Å². The zero-order valence-electron chi connectivity index (χ0n) is 11.4. The number of hydrogen-bond acceptors (Lipinski definition) is 4. The summed E-state index contributed by atoms with van der Waals surface area (Å²) in [5.41, 5.74) is 6.00. The van der Waals surface area contributed by atoms with E-state index in [1.165, 1.54) is 0 Å². The van der Waals surface area contributed by atoms with Crippen LogP contribution in [0.5, 0.6) is 0 Å². The average Bonchev–Trinajstić information content (AvgIpc) is 2.43. The lowest BCUT2D eigenvalue weighted by molar-refractivity contribution is 0.0911. The first kappa shape index (κ1) is 15.9. The van der Waals surface area contributed by atoms with Gasteiger partial charge in [0.1, 0.15) is 0 Å². The lowest BCUT2D eigenvalue weighted by Gasteiger charge is -2.22. The van der Waals surface area contributed by atoms with Crippen molar-refractivity contribution in [3.8, 4) is 0 Å². The third kappa shape index (κ3) is 6.13. The normalized spacial score (nSPS) is 26.2. The van der Waals surface area contributed by atoms with Crippen molar-refractivity contribution in [1.82, 2.24) is 4.72 Å². The summed E-state index contributed by atoms with van der Waals surface area (Å²) in [4.78, 5) is 0. The summed E-state index contributed by atoms with van der Waals surface area (Å²) in [7, 11) is -3.28. The van der Waals surface area contributed by atoms with Crippen LogP contribution < -0.4 is 10.5 Å². The molecule has 2 atom stereocenters. The monoisotopic (exact) mass is 278 g/mol. The maximum absolute atomic E-state index is 11.9. The molecule has 5 nitrogen and oxygen atoms in total. The molecule has 1 aliphatic rings. The first-order valence-electron chi connectivity index (χ1n) is 6.78. The van der Waals surface area contributed by atoms with Gasteiger partial charge in [-0.15, -0.1) is 0 Å². The predicted octanol–water partition coefficient (Wildman–Crippen LogP) is 0.991. The van der Waals surface area contributed by atoms with Gasteiger partial charge in [-0.05, 0) is 26.7 Å². The largest absolute Gasteiger partial charge is 0.378 e. The Morgan fingerprint density at radius 2 is 1.94 bits per heavy atom. The second-order valence-corrected chi connectivity index (χ2v) is 7.14. The van der Waals surface area contributed by atoms with E-state index >= 15 is 0 Å². The van der Waals surface area contributed by atoms with Gasteiger partial charge in [0, 0.05) is 12.1 Å². The smallest absolute Gasteiger partial charge is 0.214 e. The Morgan fingerprint density at radius 1 is 1.28 bits per heavy atom. The topological polar surface area (TPSA) is 81.4 Å². The van der Waals surface area contributed by atoms with Gasteiger partial charge in [0.25, 0.3) is 0 Å². The summed E-state index contributed by atoms with van der Waals surface area (Å²) in [5.74, 6) is 0.00833. The molecule has 18 heavy (non-hydrogen) atoms. The molecule has 0 aromatic rings. The van der Waals surface area contributed by atoms with Crippen LogP contribution in [0.25, 0.3) is 0 Å². The van der Waals surface area contributed by atoms with Crippen LogP contribution in [0.15, 0.2) is 0 Å². The average molecular weight is 278 g/mol. The van der Waals surface area contributed by atoms with E-state index in [0.717, 1.165) is 32.1 Å². The number of nitrogens with two attached hydrogens (primary N) is 1. The van der Waals surface area contributed by atoms with Gasteiger partial charge in [-0.25, -0.2) is 13.1 Å². The SMILES string of the molecule is CC(C)OCCS(=O)(=O)NC1CCCCCC1N. The number of ether oxygens (including phenoxy) is 1. The van der Waals surface area contributed by atoms with Gasteiger partial charge in [0.2, 0.25) is 10.0 Å². The Morgan fingerprint density at radius 3 is 2.61 bits per heavy atom. The molecule has 0 aromatic carbocycles. The van der Waals surface area contributed by atoms with Crippen molar-refractivity contribution >= 4 is 10.0 Å². The Balaban J connectivity index is 2.42. The zero-order valence-corrected chi connectivity index (χ0v) is 12.2. The summed E-state index contributed by atoms with van der Waals surface area (Å²) >= 11 is 0. The highest BCUT2D eigenvalue weighted by atomic mass is 32.2. The van der Waals surface area contributed by atoms with Crippen molar-refractivity contribution in [2.75, 3.05) is 12.4 Å². The molecule has 0 saturated heterocycles. The van der Waals surface area contributed by atoms with Gasteiger partial charge in [0.15, 0.2) is 0 Å². The fourth-order valence-corrected chi connectivity index (χ4v) is 3.35. The van der Waals surface area contributed by atoms with E-state index in [1.54, 1.807) is 0 Å². The molecule has 1 aliphatic carbocycles. The number of sulfonamides is 1. The van der Waals surface area contributed by atoms with E-state index in [9.17, 15) is 8.42 Å². The molecule has 0 aromatic heterocycles.